The Morgan fingerprint density at radius 2 is 1.65 bits per heavy atom. The zero-order valence-corrected chi connectivity index (χ0v) is 22.3. The van der Waals surface area contributed by atoms with Crippen LogP contribution in [0.4, 0.5) is 5.69 Å². The fourth-order valence-corrected chi connectivity index (χ4v) is 4.66. The smallest absolute Gasteiger partial charge is 0.244 e. The summed E-state index contributed by atoms with van der Waals surface area (Å²) in [4.78, 5) is 27.8. The standard InChI is InChI=1S/C24H31Cl2N3O4S/c1-6-17(3)27-24(31)18(4)28(14-19-10-8-7-9-16(19)2)23(30)15-29(34(5,32)33)22-12-20(25)11-21(26)13-22/h7-13,17-18H,6,14-15H2,1-5H3,(H,27,31)/t17-,18+/m1/s1. The second kappa shape index (κ2) is 11.9. The quantitative estimate of drug-likeness (QED) is 0.495. The predicted octanol–water partition coefficient (Wildman–Crippen LogP) is 4.40. The molecule has 0 radical (unpaired) electrons. The molecule has 7 nitrogen and oxygen atoms in total. The van der Waals surface area contributed by atoms with Gasteiger partial charge in [0.1, 0.15) is 12.6 Å². The van der Waals surface area contributed by atoms with Crippen molar-refractivity contribution in [3.8, 4) is 0 Å². The van der Waals surface area contributed by atoms with Crippen molar-refractivity contribution in [3.05, 3.63) is 63.6 Å². The van der Waals surface area contributed by atoms with Crippen molar-refractivity contribution in [2.45, 2.75) is 52.7 Å². The fraction of sp³-hybridized carbons (Fsp3) is 0.417. The minimum atomic E-state index is -3.86. The number of anilines is 1. The van der Waals surface area contributed by atoms with Crippen LogP contribution in [-0.2, 0) is 26.2 Å². The number of benzene rings is 2. The summed E-state index contributed by atoms with van der Waals surface area (Å²) in [6, 6.07) is 11.0. The number of rotatable bonds is 10. The van der Waals surface area contributed by atoms with Gasteiger partial charge in [-0.25, -0.2) is 8.42 Å². The minimum Gasteiger partial charge on any atom is -0.352 e. The van der Waals surface area contributed by atoms with E-state index in [0.717, 1.165) is 28.1 Å². The van der Waals surface area contributed by atoms with Crippen molar-refractivity contribution >= 4 is 50.7 Å². The van der Waals surface area contributed by atoms with Crippen LogP contribution in [0.3, 0.4) is 0 Å². The molecule has 2 atom stereocenters. The van der Waals surface area contributed by atoms with Gasteiger partial charge in [0.25, 0.3) is 0 Å². The maximum atomic E-state index is 13.5. The van der Waals surface area contributed by atoms with E-state index in [1.54, 1.807) is 6.92 Å². The highest BCUT2D eigenvalue weighted by Crippen LogP contribution is 2.27. The summed E-state index contributed by atoms with van der Waals surface area (Å²) in [7, 11) is -3.86. The number of nitrogens with one attached hydrogen (secondary N) is 1. The average Bonchev–Trinajstić information content (AvgIpc) is 2.74. The molecular formula is C24H31Cl2N3O4S. The zero-order chi connectivity index (χ0) is 25.6. The highest BCUT2D eigenvalue weighted by atomic mass is 35.5. The highest BCUT2D eigenvalue weighted by molar-refractivity contribution is 7.92. The molecule has 0 unspecified atom stereocenters. The maximum absolute atomic E-state index is 13.5. The predicted molar refractivity (Wildman–Crippen MR) is 138 cm³/mol. The summed E-state index contributed by atoms with van der Waals surface area (Å²) in [5.41, 5.74) is 1.98. The van der Waals surface area contributed by atoms with Crippen LogP contribution in [0, 0.1) is 6.92 Å². The first-order valence-electron chi connectivity index (χ1n) is 10.9. The van der Waals surface area contributed by atoms with Crippen molar-refractivity contribution in [2.75, 3.05) is 17.1 Å². The highest BCUT2D eigenvalue weighted by Gasteiger charge is 2.30. The molecule has 0 fully saturated rings. The molecule has 0 aliphatic heterocycles. The lowest BCUT2D eigenvalue weighted by molar-refractivity contribution is -0.139. The molecular weight excluding hydrogens is 497 g/mol. The first-order valence-corrected chi connectivity index (χ1v) is 13.5. The first kappa shape index (κ1) is 28.0. The van der Waals surface area contributed by atoms with E-state index in [4.69, 9.17) is 23.2 Å². The van der Waals surface area contributed by atoms with Crippen LogP contribution in [0.15, 0.2) is 42.5 Å². The SMILES string of the molecule is CC[C@@H](C)NC(=O)[C@H](C)N(Cc1ccccc1C)C(=O)CN(c1cc(Cl)cc(Cl)c1)S(C)(=O)=O. The molecule has 186 valence electrons. The van der Waals surface area contributed by atoms with Gasteiger partial charge in [0.05, 0.1) is 11.9 Å². The summed E-state index contributed by atoms with van der Waals surface area (Å²) in [6.07, 6.45) is 1.74. The Morgan fingerprint density at radius 3 is 2.18 bits per heavy atom. The molecule has 0 spiro atoms. The number of sulfonamides is 1. The molecule has 0 heterocycles. The molecule has 0 aromatic heterocycles. The molecule has 0 aliphatic rings. The normalized spacial score (nSPS) is 13.1. The van der Waals surface area contributed by atoms with Crippen LogP contribution < -0.4 is 9.62 Å². The van der Waals surface area contributed by atoms with Gasteiger partial charge in [0.2, 0.25) is 21.8 Å². The van der Waals surface area contributed by atoms with Gasteiger partial charge in [0, 0.05) is 22.6 Å². The van der Waals surface area contributed by atoms with Gasteiger partial charge in [-0.15, -0.1) is 0 Å². The second-order valence-corrected chi connectivity index (χ2v) is 11.1. The first-order chi connectivity index (χ1) is 15.8. The lowest BCUT2D eigenvalue weighted by Gasteiger charge is -2.32. The molecule has 0 bridgehead atoms. The maximum Gasteiger partial charge on any atom is 0.244 e. The number of halogens is 2. The molecule has 34 heavy (non-hydrogen) atoms. The monoisotopic (exact) mass is 527 g/mol. The molecule has 1 N–H and O–H groups in total. The van der Waals surface area contributed by atoms with E-state index in [1.807, 2.05) is 45.0 Å². The topological polar surface area (TPSA) is 86.8 Å². The number of hydrogen-bond acceptors (Lipinski definition) is 4. The van der Waals surface area contributed by atoms with Crippen LogP contribution in [0.5, 0.6) is 0 Å². The van der Waals surface area contributed by atoms with Gasteiger partial charge < -0.3 is 10.2 Å². The van der Waals surface area contributed by atoms with Gasteiger partial charge in [-0.2, -0.15) is 0 Å². The Kier molecular flexibility index (Phi) is 9.79. The summed E-state index contributed by atoms with van der Waals surface area (Å²) in [6.45, 7) is 7.02. The lowest BCUT2D eigenvalue weighted by Crippen LogP contribution is -2.52. The van der Waals surface area contributed by atoms with Crippen LogP contribution >= 0.6 is 23.2 Å². The van der Waals surface area contributed by atoms with Crippen LogP contribution in [0.1, 0.15) is 38.3 Å². The van der Waals surface area contributed by atoms with E-state index < -0.39 is 28.5 Å². The fourth-order valence-electron chi connectivity index (χ4n) is 3.32. The molecule has 2 aromatic carbocycles. The third-order valence-corrected chi connectivity index (χ3v) is 7.16. The van der Waals surface area contributed by atoms with E-state index in [2.05, 4.69) is 5.32 Å². The van der Waals surface area contributed by atoms with Crippen molar-refractivity contribution < 1.29 is 18.0 Å². The van der Waals surface area contributed by atoms with Gasteiger partial charge in [0.15, 0.2) is 0 Å². The number of hydrogen-bond donors (Lipinski definition) is 1. The summed E-state index contributed by atoms with van der Waals surface area (Å²) >= 11 is 12.1. The summed E-state index contributed by atoms with van der Waals surface area (Å²) in [5.74, 6) is -0.843. The average molecular weight is 529 g/mol. The zero-order valence-electron chi connectivity index (χ0n) is 20.0. The van der Waals surface area contributed by atoms with E-state index in [0.29, 0.717) is 0 Å². The van der Waals surface area contributed by atoms with Crippen molar-refractivity contribution in [1.29, 1.82) is 0 Å². The van der Waals surface area contributed by atoms with E-state index in [9.17, 15) is 18.0 Å². The van der Waals surface area contributed by atoms with Crippen LogP contribution in [0.2, 0.25) is 10.0 Å². The van der Waals surface area contributed by atoms with E-state index in [-0.39, 0.29) is 34.2 Å². The second-order valence-electron chi connectivity index (χ2n) is 8.34. The van der Waals surface area contributed by atoms with E-state index >= 15 is 0 Å². The van der Waals surface area contributed by atoms with Crippen LogP contribution in [-0.4, -0.2) is 50.0 Å². The molecule has 2 rings (SSSR count). The number of aryl methyl sites for hydroxylation is 1. The number of amides is 2. The third kappa shape index (κ3) is 7.61. The lowest BCUT2D eigenvalue weighted by atomic mass is 10.1. The molecule has 0 saturated carbocycles. The molecule has 2 aromatic rings. The Labute approximate surface area is 212 Å². The van der Waals surface area contributed by atoms with Gasteiger partial charge in [-0.05, 0) is 56.5 Å². The Bertz CT molecular complexity index is 1120. The minimum absolute atomic E-state index is 0.0634. The Balaban J connectivity index is 2.43. The Hall–Kier alpha value is -2.29. The summed E-state index contributed by atoms with van der Waals surface area (Å²) in [5, 5.41) is 3.37. The van der Waals surface area contributed by atoms with Crippen molar-refractivity contribution in [2.24, 2.45) is 0 Å². The third-order valence-electron chi connectivity index (χ3n) is 5.58. The molecule has 0 aliphatic carbocycles. The molecule has 0 saturated heterocycles. The number of carbonyl (C=O) groups excluding carboxylic acids is 2. The van der Waals surface area contributed by atoms with Crippen molar-refractivity contribution in [1.82, 2.24) is 10.2 Å². The largest absolute Gasteiger partial charge is 0.352 e. The van der Waals surface area contributed by atoms with Gasteiger partial charge in [-0.3, -0.25) is 13.9 Å². The van der Waals surface area contributed by atoms with Crippen LogP contribution in [0.25, 0.3) is 0 Å². The number of carbonyl (C=O) groups is 2. The summed E-state index contributed by atoms with van der Waals surface area (Å²) < 4.78 is 26.1. The number of nitrogens with zero attached hydrogens (tertiary/aromatic N) is 2. The van der Waals surface area contributed by atoms with Gasteiger partial charge >= 0.3 is 0 Å². The van der Waals surface area contributed by atoms with E-state index in [1.165, 1.54) is 23.1 Å². The Morgan fingerprint density at radius 1 is 1.06 bits per heavy atom. The van der Waals surface area contributed by atoms with Gasteiger partial charge in [-0.1, -0.05) is 54.4 Å². The molecule has 10 heteroatoms. The van der Waals surface area contributed by atoms with Crippen molar-refractivity contribution in [3.63, 3.8) is 0 Å². The molecule has 2 amide bonds.